The van der Waals surface area contributed by atoms with Crippen LogP contribution in [0.5, 0.6) is 0 Å². The lowest BCUT2D eigenvalue weighted by Crippen LogP contribution is -2.57. The standard InChI is InChI=1S/C25H27F3O6S/c1-22(2)32-13-18(33-22)16-9-11-23(14-31-21(29)25(26,27)28)20(30-3)19(17-10-12-24(16,23)34-17)35-15-7-5-4-6-8-15/h4-8,10,12,16-18H,9,11,13-14H2,1-3H3/t16-,17+,18-,23-,24+/m1/s1. The summed E-state index contributed by atoms with van der Waals surface area (Å²) in [5.74, 6) is -2.75. The van der Waals surface area contributed by atoms with Crippen molar-refractivity contribution < 1.29 is 41.7 Å². The van der Waals surface area contributed by atoms with E-state index in [-0.39, 0.29) is 12.0 Å². The molecule has 0 amide bonds. The minimum atomic E-state index is -5.10. The Bertz CT molecular complexity index is 1060. The van der Waals surface area contributed by atoms with E-state index in [2.05, 4.69) is 0 Å². The van der Waals surface area contributed by atoms with Crippen LogP contribution in [0.4, 0.5) is 13.2 Å². The van der Waals surface area contributed by atoms with Crippen molar-refractivity contribution >= 4 is 17.7 Å². The molecule has 1 saturated carbocycles. The van der Waals surface area contributed by atoms with Gasteiger partial charge in [-0.1, -0.05) is 42.1 Å². The second-order valence-electron chi connectivity index (χ2n) is 9.67. The van der Waals surface area contributed by atoms with Crippen LogP contribution in [-0.2, 0) is 28.5 Å². The summed E-state index contributed by atoms with van der Waals surface area (Å²) in [7, 11) is 1.50. The third-order valence-corrected chi connectivity index (χ3v) is 8.42. The van der Waals surface area contributed by atoms with Crippen molar-refractivity contribution in [3.05, 3.63) is 53.1 Å². The SMILES string of the molecule is COC1=C(Sc2ccccc2)[C@@H]2C=C[C@]3(O2)[C@@H]([C@H]2COC(C)(C)O2)CC[C@@]13COC(=O)C(F)(F)F. The molecule has 3 aliphatic heterocycles. The van der Waals surface area contributed by atoms with Crippen molar-refractivity contribution in [1.29, 1.82) is 0 Å². The van der Waals surface area contributed by atoms with Gasteiger partial charge in [0.2, 0.25) is 0 Å². The fraction of sp³-hybridized carbons (Fsp3) is 0.560. The zero-order chi connectivity index (χ0) is 25.1. The molecule has 1 spiro atoms. The zero-order valence-electron chi connectivity index (χ0n) is 19.6. The van der Waals surface area contributed by atoms with E-state index in [1.54, 1.807) is 0 Å². The average Bonchev–Trinajstić information content (AvgIpc) is 3.48. The fourth-order valence-corrected chi connectivity index (χ4v) is 7.04. The number of ether oxygens (including phenoxy) is 5. The second-order valence-corrected chi connectivity index (χ2v) is 10.8. The molecular weight excluding hydrogens is 485 g/mol. The molecule has 190 valence electrons. The van der Waals surface area contributed by atoms with Gasteiger partial charge in [-0.25, -0.2) is 4.79 Å². The van der Waals surface area contributed by atoms with Gasteiger partial charge in [0.15, 0.2) is 5.79 Å². The molecule has 1 aromatic carbocycles. The fourth-order valence-electron chi connectivity index (χ4n) is 5.88. The van der Waals surface area contributed by atoms with Gasteiger partial charge in [-0.3, -0.25) is 0 Å². The Morgan fingerprint density at radius 2 is 1.94 bits per heavy atom. The van der Waals surface area contributed by atoms with Gasteiger partial charge in [0.1, 0.15) is 24.1 Å². The van der Waals surface area contributed by atoms with E-state index >= 15 is 0 Å². The topological polar surface area (TPSA) is 63.2 Å². The van der Waals surface area contributed by atoms with Crippen LogP contribution in [0.25, 0.3) is 0 Å². The highest BCUT2D eigenvalue weighted by atomic mass is 32.2. The van der Waals surface area contributed by atoms with Crippen LogP contribution in [-0.4, -0.2) is 56.1 Å². The molecule has 2 fully saturated rings. The molecule has 1 saturated heterocycles. The molecule has 1 aromatic rings. The van der Waals surface area contributed by atoms with Gasteiger partial charge in [-0.2, -0.15) is 13.2 Å². The molecule has 0 radical (unpaired) electrons. The normalized spacial score (nSPS) is 35.3. The van der Waals surface area contributed by atoms with Crippen molar-refractivity contribution in [3.63, 3.8) is 0 Å². The number of hydrogen-bond acceptors (Lipinski definition) is 7. The minimum absolute atomic E-state index is 0.233. The maximum atomic E-state index is 13.1. The molecule has 6 nitrogen and oxygen atoms in total. The Hall–Kier alpha value is -2.01. The van der Waals surface area contributed by atoms with Crippen LogP contribution in [0.1, 0.15) is 26.7 Å². The van der Waals surface area contributed by atoms with Gasteiger partial charge >= 0.3 is 12.1 Å². The summed E-state index contributed by atoms with van der Waals surface area (Å²) >= 11 is 1.43. The molecule has 5 rings (SSSR count). The number of rotatable bonds is 6. The Morgan fingerprint density at radius 1 is 1.20 bits per heavy atom. The summed E-state index contributed by atoms with van der Waals surface area (Å²) < 4.78 is 68.7. The van der Waals surface area contributed by atoms with Crippen LogP contribution < -0.4 is 0 Å². The smallest absolute Gasteiger partial charge is 0.490 e. The molecule has 35 heavy (non-hydrogen) atoms. The maximum Gasteiger partial charge on any atom is 0.490 e. The van der Waals surface area contributed by atoms with Crippen molar-refractivity contribution in [3.8, 4) is 0 Å². The van der Waals surface area contributed by atoms with Gasteiger partial charge in [0.25, 0.3) is 0 Å². The maximum absolute atomic E-state index is 13.1. The predicted molar refractivity (Wildman–Crippen MR) is 120 cm³/mol. The third kappa shape index (κ3) is 3.98. The number of methoxy groups -OCH3 is 1. The van der Waals surface area contributed by atoms with Gasteiger partial charge in [-0.15, -0.1) is 0 Å². The molecule has 5 atom stereocenters. The van der Waals surface area contributed by atoms with Crippen molar-refractivity contribution in [2.45, 2.75) is 61.4 Å². The number of halogens is 3. The van der Waals surface area contributed by atoms with Gasteiger partial charge in [-0.05, 0) is 38.8 Å². The average molecular weight is 513 g/mol. The molecule has 0 N–H and O–H groups in total. The summed E-state index contributed by atoms with van der Waals surface area (Å²) in [6, 6.07) is 9.58. The Labute approximate surface area is 205 Å². The van der Waals surface area contributed by atoms with Crippen molar-refractivity contribution in [2.24, 2.45) is 11.3 Å². The predicted octanol–water partition coefficient (Wildman–Crippen LogP) is 5.00. The van der Waals surface area contributed by atoms with E-state index in [4.69, 9.17) is 23.7 Å². The first-order valence-electron chi connectivity index (χ1n) is 11.5. The van der Waals surface area contributed by atoms with Crippen LogP contribution >= 0.6 is 11.8 Å². The third-order valence-electron chi connectivity index (χ3n) is 7.27. The van der Waals surface area contributed by atoms with Crippen molar-refractivity contribution in [1.82, 2.24) is 0 Å². The lowest BCUT2D eigenvalue weighted by atomic mass is 9.68. The number of fused-ring (bicyclic) bond motifs is 1. The van der Waals surface area contributed by atoms with E-state index in [1.165, 1.54) is 18.9 Å². The first kappa shape index (κ1) is 24.7. The molecule has 0 aromatic heterocycles. The van der Waals surface area contributed by atoms with Crippen LogP contribution in [0.2, 0.25) is 0 Å². The summed E-state index contributed by atoms with van der Waals surface area (Å²) in [6.45, 7) is 3.44. The van der Waals surface area contributed by atoms with Crippen LogP contribution in [0, 0.1) is 11.3 Å². The molecular formula is C25H27F3O6S. The molecule has 3 heterocycles. The number of thioether (sulfide) groups is 1. The number of carbonyl (C=O) groups is 1. The van der Waals surface area contributed by atoms with E-state index in [0.29, 0.717) is 25.2 Å². The number of benzene rings is 1. The minimum Gasteiger partial charge on any atom is -0.499 e. The molecule has 2 bridgehead atoms. The second kappa shape index (κ2) is 8.54. The lowest BCUT2D eigenvalue weighted by Gasteiger charge is -2.50. The van der Waals surface area contributed by atoms with Gasteiger partial charge < -0.3 is 23.7 Å². The molecule has 0 unspecified atom stereocenters. The summed E-state index contributed by atoms with van der Waals surface area (Å²) in [4.78, 5) is 13.4. The monoisotopic (exact) mass is 512 g/mol. The Morgan fingerprint density at radius 3 is 2.57 bits per heavy atom. The zero-order valence-corrected chi connectivity index (χ0v) is 20.4. The Balaban J connectivity index is 1.58. The first-order chi connectivity index (χ1) is 16.5. The van der Waals surface area contributed by atoms with E-state index in [9.17, 15) is 18.0 Å². The van der Waals surface area contributed by atoms with Crippen molar-refractivity contribution in [2.75, 3.05) is 20.3 Å². The summed E-state index contributed by atoms with van der Waals surface area (Å²) in [5.41, 5.74) is -2.21. The summed E-state index contributed by atoms with van der Waals surface area (Å²) in [5, 5.41) is 0. The Kier molecular flexibility index (Phi) is 6.02. The highest BCUT2D eigenvalue weighted by Gasteiger charge is 2.71. The summed E-state index contributed by atoms with van der Waals surface area (Å²) in [6.07, 6.45) is -1.10. The molecule has 4 aliphatic rings. The first-order valence-corrected chi connectivity index (χ1v) is 12.3. The van der Waals surface area contributed by atoms with Gasteiger partial charge in [0.05, 0.1) is 30.1 Å². The van der Waals surface area contributed by atoms with Gasteiger partial charge in [0, 0.05) is 10.8 Å². The highest BCUT2D eigenvalue weighted by molar-refractivity contribution is 8.03. The molecule has 10 heteroatoms. The highest BCUT2D eigenvalue weighted by Crippen LogP contribution is 2.66. The van der Waals surface area contributed by atoms with Crippen LogP contribution in [0.3, 0.4) is 0 Å². The van der Waals surface area contributed by atoms with E-state index in [0.717, 1.165) is 9.80 Å². The number of esters is 1. The quantitative estimate of drug-likeness (QED) is 0.393. The number of alkyl halides is 3. The van der Waals surface area contributed by atoms with Crippen LogP contribution in [0.15, 0.2) is 58.0 Å². The van der Waals surface area contributed by atoms with E-state index < -0.39 is 41.7 Å². The largest absolute Gasteiger partial charge is 0.499 e. The number of hydrogen-bond donors (Lipinski definition) is 0. The number of carbonyl (C=O) groups excluding carboxylic acids is 1. The van der Waals surface area contributed by atoms with E-state index in [1.807, 2.05) is 56.3 Å². The molecule has 1 aliphatic carbocycles. The lowest BCUT2D eigenvalue weighted by molar-refractivity contribution is -0.212.